The number of carbonyl (C=O) groups excluding carboxylic acids is 2. The standard InChI is InChI=1S/C22H22FN3O3/c1-15-6-8-16(9-7-15)19-13-24-21(29-19)10-11-22(28)26(2)14-20(27)25-18-5-3-4-17(23)12-18/h3-9,12-13H,10-11,14H2,1-2H3,(H,25,27). The molecule has 3 rings (SSSR count). The van der Waals surface area contributed by atoms with Crippen molar-refractivity contribution >= 4 is 17.5 Å². The van der Waals surface area contributed by atoms with Gasteiger partial charge in [-0.25, -0.2) is 9.37 Å². The van der Waals surface area contributed by atoms with Crippen LogP contribution in [0.4, 0.5) is 10.1 Å². The molecule has 1 heterocycles. The molecule has 0 aliphatic heterocycles. The molecule has 0 aliphatic rings. The predicted molar refractivity (Wildman–Crippen MR) is 108 cm³/mol. The molecule has 29 heavy (non-hydrogen) atoms. The molecule has 6 nitrogen and oxygen atoms in total. The number of aromatic nitrogens is 1. The number of halogens is 1. The molecule has 2 aromatic carbocycles. The Balaban J connectivity index is 1.48. The fourth-order valence-electron chi connectivity index (χ4n) is 2.75. The van der Waals surface area contributed by atoms with Crippen molar-refractivity contribution in [1.29, 1.82) is 0 Å². The maximum Gasteiger partial charge on any atom is 0.243 e. The van der Waals surface area contributed by atoms with Crippen LogP contribution in [0.3, 0.4) is 0 Å². The van der Waals surface area contributed by atoms with Gasteiger partial charge in [0, 0.05) is 31.1 Å². The summed E-state index contributed by atoms with van der Waals surface area (Å²) < 4.78 is 18.9. The average molecular weight is 395 g/mol. The largest absolute Gasteiger partial charge is 0.441 e. The van der Waals surface area contributed by atoms with E-state index in [1.54, 1.807) is 19.3 Å². The van der Waals surface area contributed by atoms with Gasteiger partial charge in [-0.05, 0) is 25.1 Å². The summed E-state index contributed by atoms with van der Waals surface area (Å²) >= 11 is 0. The lowest BCUT2D eigenvalue weighted by Gasteiger charge is -2.16. The van der Waals surface area contributed by atoms with Crippen LogP contribution in [0.1, 0.15) is 17.9 Å². The van der Waals surface area contributed by atoms with E-state index in [0.717, 1.165) is 11.1 Å². The maximum absolute atomic E-state index is 13.2. The monoisotopic (exact) mass is 395 g/mol. The summed E-state index contributed by atoms with van der Waals surface area (Å²) in [6.45, 7) is 1.88. The SMILES string of the molecule is Cc1ccc(-c2cnc(CCC(=O)N(C)CC(=O)Nc3cccc(F)c3)o2)cc1. The molecule has 0 radical (unpaired) electrons. The third kappa shape index (κ3) is 5.75. The van der Waals surface area contributed by atoms with Gasteiger partial charge >= 0.3 is 0 Å². The van der Waals surface area contributed by atoms with E-state index in [1.807, 2.05) is 31.2 Å². The minimum atomic E-state index is -0.441. The predicted octanol–water partition coefficient (Wildman–Crippen LogP) is 3.82. The molecule has 7 heteroatoms. The number of amides is 2. The molecule has 0 saturated heterocycles. The molecule has 0 fully saturated rings. The van der Waals surface area contributed by atoms with Crippen molar-refractivity contribution in [1.82, 2.24) is 9.88 Å². The van der Waals surface area contributed by atoms with E-state index >= 15 is 0 Å². The van der Waals surface area contributed by atoms with Crippen LogP contribution in [0, 0.1) is 12.7 Å². The number of nitrogens with zero attached hydrogens (tertiary/aromatic N) is 2. The van der Waals surface area contributed by atoms with Crippen molar-refractivity contribution in [2.75, 3.05) is 18.9 Å². The van der Waals surface area contributed by atoms with Gasteiger partial charge in [-0.1, -0.05) is 35.9 Å². The van der Waals surface area contributed by atoms with Gasteiger partial charge in [-0.3, -0.25) is 9.59 Å². The molecular weight excluding hydrogens is 373 g/mol. The quantitative estimate of drug-likeness (QED) is 0.660. The van der Waals surface area contributed by atoms with Crippen LogP contribution in [0.25, 0.3) is 11.3 Å². The van der Waals surface area contributed by atoms with Gasteiger partial charge in [0.2, 0.25) is 11.8 Å². The normalized spacial score (nSPS) is 10.6. The third-order valence-corrected chi connectivity index (χ3v) is 4.36. The third-order valence-electron chi connectivity index (χ3n) is 4.36. The lowest BCUT2D eigenvalue weighted by atomic mass is 10.1. The summed E-state index contributed by atoms with van der Waals surface area (Å²) in [4.78, 5) is 29.9. The van der Waals surface area contributed by atoms with Crippen molar-refractivity contribution < 1.29 is 18.4 Å². The van der Waals surface area contributed by atoms with Crippen LogP contribution in [-0.2, 0) is 16.0 Å². The highest BCUT2D eigenvalue weighted by Crippen LogP contribution is 2.21. The number of anilines is 1. The Morgan fingerprint density at radius 3 is 2.66 bits per heavy atom. The smallest absolute Gasteiger partial charge is 0.243 e. The van der Waals surface area contributed by atoms with E-state index in [-0.39, 0.29) is 18.9 Å². The number of carbonyl (C=O) groups is 2. The lowest BCUT2D eigenvalue weighted by Crippen LogP contribution is -2.35. The first kappa shape index (κ1) is 20.3. The molecule has 3 aromatic rings. The first-order chi connectivity index (χ1) is 13.9. The van der Waals surface area contributed by atoms with Crippen LogP contribution in [0.15, 0.2) is 59.1 Å². The number of rotatable bonds is 7. The van der Waals surface area contributed by atoms with E-state index in [1.165, 1.54) is 23.1 Å². The highest BCUT2D eigenvalue weighted by molar-refractivity contribution is 5.94. The summed E-state index contributed by atoms with van der Waals surface area (Å²) in [5, 5.41) is 2.56. The Bertz CT molecular complexity index is 999. The number of nitrogens with one attached hydrogen (secondary N) is 1. The highest BCUT2D eigenvalue weighted by atomic mass is 19.1. The van der Waals surface area contributed by atoms with Gasteiger partial charge in [0.25, 0.3) is 0 Å². The highest BCUT2D eigenvalue weighted by Gasteiger charge is 2.15. The molecule has 1 aromatic heterocycles. The zero-order valence-electron chi connectivity index (χ0n) is 16.3. The molecule has 2 amide bonds. The van der Waals surface area contributed by atoms with Crippen LogP contribution in [0.2, 0.25) is 0 Å². The zero-order chi connectivity index (χ0) is 20.8. The number of hydrogen-bond acceptors (Lipinski definition) is 4. The molecule has 0 atom stereocenters. The van der Waals surface area contributed by atoms with E-state index in [0.29, 0.717) is 23.8 Å². The summed E-state index contributed by atoms with van der Waals surface area (Å²) in [7, 11) is 1.54. The molecular formula is C22H22FN3O3. The Hall–Kier alpha value is -3.48. The molecule has 0 bridgehead atoms. The first-order valence-corrected chi connectivity index (χ1v) is 9.22. The Morgan fingerprint density at radius 2 is 1.93 bits per heavy atom. The van der Waals surface area contributed by atoms with E-state index in [2.05, 4.69) is 10.3 Å². The number of benzene rings is 2. The van der Waals surface area contributed by atoms with Crippen molar-refractivity contribution in [3.63, 3.8) is 0 Å². The van der Waals surface area contributed by atoms with Crippen LogP contribution >= 0.6 is 0 Å². The number of likely N-dealkylation sites (N-methyl/N-ethyl adjacent to an activating group) is 1. The van der Waals surface area contributed by atoms with Crippen molar-refractivity contribution in [2.24, 2.45) is 0 Å². The summed E-state index contributed by atoms with van der Waals surface area (Å²) in [6.07, 6.45) is 2.14. The van der Waals surface area contributed by atoms with Gasteiger partial charge in [0.1, 0.15) is 5.82 Å². The molecule has 0 saturated carbocycles. The summed E-state index contributed by atoms with van der Waals surface area (Å²) in [5.41, 5.74) is 2.43. The summed E-state index contributed by atoms with van der Waals surface area (Å²) in [5.74, 6) is 0.0590. The Kier molecular flexibility index (Phi) is 6.39. The molecule has 0 spiro atoms. The van der Waals surface area contributed by atoms with Crippen LogP contribution in [0.5, 0.6) is 0 Å². The molecule has 0 unspecified atom stereocenters. The number of aryl methyl sites for hydroxylation is 2. The second-order valence-corrected chi connectivity index (χ2v) is 6.79. The van der Waals surface area contributed by atoms with Gasteiger partial charge in [0.15, 0.2) is 11.7 Å². The van der Waals surface area contributed by atoms with Gasteiger partial charge in [-0.15, -0.1) is 0 Å². The molecule has 0 aliphatic carbocycles. The van der Waals surface area contributed by atoms with Gasteiger partial charge in [0.05, 0.1) is 12.7 Å². The number of hydrogen-bond donors (Lipinski definition) is 1. The lowest BCUT2D eigenvalue weighted by molar-refractivity contribution is -0.133. The van der Waals surface area contributed by atoms with Crippen LogP contribution < -0.4 is 5.32 Å². The van der Waals surface area contributed by atoms with E-state index in [9.17, 15) is 14.0 Å². The second-order valence-electron chi connectivity index (χ2n) is 6.79. The zero-order valence-corrected chi connectivity index (χ0v) is 16.3. The van der Waals surface area contributed by atoms with Crippen LogP contribution in [-0.4, -0.2) is 35.3 Å². The fourth-order valence-corrected chi connectivity index (χ4v) is 2.75. The maximum atomic E-state index is 13.2. The Labute approximate surface area is 168 Å². The van der Waals surface area contributed by atoms with Crippen molar-refractivity contribution in [2.45, 2.75) is 19.8 Å². The molecule has 150 valence electrons. The minimum Gasteiger partial charge on any atom is -0.441 e. The van der Waals surface area contributed by atoms with Gasteiger partial charge in [-0.2, -0.15) is 0 Å². The van der Waals surface area contributed by atoms with Crippen molar-refractivity contribution in [3.05, 3.63) is 72.0 Å². The summed E-state index contributed by atoms with van der Waals surface area (Å²) in [6, 6.07) is 13.5. The Morgan fingerprint density at radius 1 is 1.17 bits per heavy atom. The topological polar surface area (TPSA) is 75.4 Å². The van der Waals surface area contributed by atoms with E-state index < -0.39 is 11.7 Å². The van der Waals surface area contributed by atoms with Crippen molar-refractivity contribution in [3.8, 4) is 11.3 Å². The van der Waals surface area contributed by atoms with Gasteiger partial charge < -0.3 is 14.6 Å². The fraction of sp³-hybridized carbons (Fsp3) is 0.227. The van der Waals surface area contributed by atoms with E-state index in [4.69, 9.17) is 4.42 Å². The molecule has 1 N–H and O–H groups in total. The second kappa shape index (κ2) is 9.14. The number of oxazole rings is 1. The first-order valence-electron chi connectivity index (χ1n) is 9.22. The minimum absolute atomic E-state index is 0.129. The average Bonchev–Trinajstić information content (AvgIpc) is 3.15.